The first kappa shape index (κ1) is 16.2. The molecule has 116 valence electrons. The van der Waals surface area contributed by atoms with Crippen molar-refractivity contribution in [3.63, 3.8) is 0 Å². The predicted molar refractivity (Wildman–Crippen MR) is 91.6 cm³/mol. The zero-order chi connectivity index (χ0) is 16.3. The van der Waals surface area contributed by atoms with Crippen LogP contribution in [0, 0.1) is 6.92 Å². The first-order valence-corrected chi connectivity index (χ1v) is 7.74. The van der Waals surface area contributed by atoms with Crippen LogP contribution in [0.4, 0.5) is 11.4 Å². The van der Waals surface area contributed by atoms with E-state index in [0.717, 1.165) is 11.3 Å². The Morgan fingerprint density at radius 1 is 0.864 bits per heavy atom. The van der Waals surface area contributed by atoms with Gasteiger partial charge in [-0.05, 0) is 47.6 Å². The zero-order valence-corrected chi connectivity index (χ0v) is 14.0. The molecular formula is C19H24N2O. The summed E-state index contributed by atoms with van der Waals surface area (Å²) in [7, 11) is 0. The molecule has 0 bridgehead atoms. The van der Waals surface area contributed by atoms with Crippen molar-refractivity contribution in [1.82, 2.24) is 0 Å². The summed E-state index contributed by atoms with van der Waals surface area (Å²) in [6, 6.07) is 11.6. The van der Waals surface area contributed by atoms with Crippen LogP contribution in [0.25, 0.3) is 0 Å². The van der Waals surface area contributed by atoms with Crippen LogP contribution in [0.1, 0.15) is 56.2 Å². The van der Waals surface area contributed by atoms with Gasteiger partial charge in [0.05, 0.1) is 5.69 Å². The number of phenolic OH excluding ortho intramolecular Hbond substituents is 1. The van der Waals surface area contributed by atoms with Crippen molar-refractivity contribution < 1.29 is 5.11 Å². The number of hydrogen-bond donors (Lipinski definition) is 1. The molecule has 1 N–H and O–H groups in total. The first-order chi connectivity index (χ1) is 10.4. The van der Waals surface area contributed by atoms with Crippen molar-refractivity contribution in [3.05, 3.63) is 53.1 Å². The lowest BCUT2D eigenvalue weighted by molar-refractivity contribution is 0.476. The van der Waals surface area contributed by atoms with Gasteiger partial charge >= 0.3 is 0 Å². The quantitative estimate of drug-likeness (QED) is 0.655. The third kappa shape index (κ3) is 3.53. The average Bonchev–Trinajstić information content (AvgIpc) is 2.47. The lowest BCUT2D eigenvalue weighted by Gasteiger charge is -2.15. The molecule has 0 aliphatic carbocycles. The summed E-state index contributed by atoms with van der Waals surface area (Å²) in [5.74, 6) is 0.903. The molecule has 0 aromatic heterocycles. The molecule has 0 spiro atoms. The van der Waals surface area contributed by atoms with Crippen LogP contribution >= 0.6 is 0 Å². The molecular weight excluding hydrogens is 272 g/mol. The van der Waals surface area contributed by atoms with Crippen molar-refractivity contribution in [1.29, 1.82) is 0 Å². The van der Waals surface area contributed by atoms with Gasteiger partial charge in [-0.3, -0.25) is 0 Å². The highest BCUT2D eigenvalue weighted by Crippen LogP contribution is 2.37. The largest absolute Gasteiger partial charge is 0.506 e. The fourth-order valence-corrected chi connectivity index (χ4v) is 2.44. The Labute approximate surface area is 132 Å². The molecule has 2 rings (SSSR count). The number of aryl methyl sites for hydroxylation is 1. The molecule has 3 heteroatoms. The van der Waals surface area contributed by atoms with E-state index in [1.165, 1.54) is 11.1 Å². The van der Waals surface area contributed by atoms with E-state index >= 15 is 0 Å². The van der Waals surface area contributed by atoms with E-state index in [1.54, 1.807) is 6.07 Å². The van der Waals surface area contributed by atoms with Crippen LogP contribution in [0.15, 0.2) is 46.6 Å². The molecule has 0 amide bonds. The predicted octanol–water partition coefficient (Wildman–Crippen LogP) is 6.36. The summed E-state index contributed by atoms with van der Waals surface area (Å²) in [5.41, 5.74) is 4.85. The van der Waals surface area contributed by atoms with Gasteiger partial charge < -0.3 is 5.11 Å². The van der Waals surface area contributed by atoms with Crippen LogP contribution in [0.2, 0.25) is 0 Å². The highest BCUT2D eigenvalue weighted by molar-refractivity contribution is 5.57. The lowest BCUT2D eigenvalue weighted by atomic mass is 9.93. The molecule has 22 heavy (non-hydrogen) atoms. The smallest absolute Gasteiger partial charge is 0.143 e. The average molecular weight is 296 g/mol. The van der Waals surface area contributed by atoms with E-state index in [9.17, 15) is 5.11 Å². The number of nitrogens with zero attached hydrogens (tertiary/aromatic N) is 2. The molecule has 0 saturated heterocycles. The van der Waals surface area contributed by atoms with E-state index in [2.05, 4.69) is 56.1 Å². The fourth-order valence-electron chi connectivity index (χ4n) is 2.44. The minimum absolute atomic E-state index is 0.155. The van der Waals surface area contributed by atoms with Crippen molar-refractivity contribution in [3.8, 4) is 5.75 Å². The van der Waals surface area contributed by atoms with Gasteiger partial charge in [-0.15, -0.1) is 10.2 Å². The molecule has 3 nitrogen and oxygen atoms in total. The first-order valence-electron chi connectivity index (χ1n) is 7.74. The monoisotopic (exact) mass is 296 g/mol. The number of phenols is 1. The van der Waals surface area contributed by atoms with Gasteiger partial charge in [-0.2, -0.15) is 0 Å². The van der Waals surface area contributed by atoms with Crippen LogP contribution < -0.4 is 0 Å². The SMILES string of the molecule is Cc1ccc(O)c(N=Nc2c(C(C)C)cccc2C(C)C)c1. The minimum Gasteiger partial charge on any atom is -0.506 e. The Balaban J connectivity index is 2.51. The number of benzene rings is 2. The second-order valence-corrected chi connectivity index (χ2v) is 6.29. The Bertz CT molecular complexity index is 662. The maximum absolute atomic E-state index is 9.92. The van der Waals surface area contributed by atoms with Crippen molar-refractivity contribution in [2.75, 3.05) is 0 Å². The summed E-state index contributed by atoms with van der Waals surface area (Å²) < 4.78 is 0. The van der Waals surface area contributed by atoms with Gasteiger partial charge in [0, 0.05) is 0 Å². The summed E-state index contributed by atoms with van der Waals surface area (Å²) >= 11 is 0. The Morgan fingerprint density at radius 2 is 1.45 bits per heavy atom. The number of aromatic hydroxyl groups is 1. The fraction of sp³-hybridized carbons (Fsp3) is 0.368. The summed E-state index contributed by atoms with van der Waals surface area (Å²) in [5, 5.41) is 18.7. The van der Waals surface area contributed by atoms with E-state index in [1.807, 2.05) is 19.1 Å². The van der Waals surface area contributed by atoms with Crippen molar-refractivity contribution in [2.24, 2.45) is 10.2 Å². The molecule has 0 unspecified atom stereocenters. The highest BCUT2D eigenvalue weighted by Gasteiger charge is 2.13. The molecule has 0 heterocycles. The van der Waals surface area contributed by atoms with E-state index in [-0.39, 0.29) is 5.75 Å². The maximum Gasteiger partial charge on any atom is 0.143 e. The Hall–Kier alpha value is -2.16. The van der Waals surface area contributed by atoms with Gasteiger partial charge in [-0.1, -0.05) is 52.0 Å². The maximum atomic E-state index is 9.92. The molecule has 0 aliphatic heterocycles. The lowest BCUT2D eigenvalue weighted by Crippen LogP contribution is -1.94. The molecule has 0 saturated carbocycles. The van der Waals surface area contributed by atoms with Gasteiger partial charge in [0.2, 0.25) is 0 Å². The molecule has 2 aromatic rings. The minimum atomic E-state index is 0.155. The third-order valence-corrected chi connectivity index (χ3v) is 3.73. The molecule has 0 radical (unpaired) electrons. The molecule has 0 fully saturated rings. The van der Waals surface area contributed by atoms with Gasteiger partial charge in [-0.25, -0.2) is 0 Å². The molecule has 0 aliphatic rings. The highest BCUT2D eigenvalue weighted by atomic mass is 16.3. The molecule has 0 atom stereocenters. The standard InChI is InChI=1S/C19H24N2O/c1-12(2)15-7-6-8-16(13(3)4)19(15)21-20-17-11-14(5)9-10-18(17)22/h6-13,22H,1-5H3. The summed E-state index contributed by atoms with van der Waals surface area (Å²) in [4.78, 5) is 0. The Kier molecular flexibility index (Phi) is 4.96. The Morgan fingerprint density at radius 3 is 2.00 bits per heavy atom. The van der Waals surface area contributed by atoms with E-state index in [4.69, 9.17) is 0 Å². The summed E-state index contributed by atoms with van der Waals surface area (Å²) in [6.45, 7) is 10.6. The van der Waals surface area contributed by atoms with Gasteiger partial charge in [0.25, 0.3) is 0 Å². The second-order valence-electron chi connectivity index (χ2n) is 6.29. The zero-order valence-electron chi connectivity index (χ0n) is 14.0. The third-order valence-electron chi connectivity index (χ3n) is 3.73. The second kappa shape index (κ2) is 6.73. The van der Waals surface area contributed by atoms with E-state index in [0.29, 0.717) is 17.5 Å². The van der Waals surface area contributed by atoms with Gasteiger partial charge in [0.1, 0.15) is 11.4 Å². The number of rotatable bonds is 4. The number of azo groups is 1. The van der Waals surface area contributed by atoms with Crippen LogP contribution in [-0.4, -0.2) is 5.11 Å². The van der Waals surface area contributed by atoms with Gasteiger partial charge in [0.15, 0.2) is 0 Å². The summed E-state index contributed by atoms with van der Waals surface area (Å²) in [6.07, 6.45) is 0. The van der Waals surface area contributed by atoms with E-state index < -0.39 is 0 Å². The van der Waals surface area contributed by atoms with Crippen LogP contribution in [-0.2, 0) is 0 Å². The topological polar surface area (TPSA) is 45.0 Å². The van der Waals surface area contributed by atoms with Crippen molar-refractivity contribution in [2.45, 2.75) is 46.5 Å². The number of hydrogen-bond acceptors (Lipinski definition) is 3. The molecule has 2 aromatic carbocycles. The normalized spacial score (nSPS) is 11.8. The van der Waals surface area contributed by atoms with Crippen LogP contribution in [0.5, 0.6) is 5.75 Å². The van der Waals surface area contributed by atoms with Crippen LogP contribution in [0.3, 0.4) is 0 Å². The van der Waals surface area contributed by atoms with Crippen molar-refractivity contribution >= 4 is 11.4 Å².